The number of rotatable bonds is 3. The Morgan fingerprint density at radius 3 is 3.11 bits per heavy atom. The molecule has 2 rings (SSSR count). The van der Waals surface area contributed by atoms with E-state index in [1.54, 1.807) is 36.7 Å². The van der Waals surface area contributed by atoms with E-state index in [0.29, 0.717) is 23.5 Å². The van der Waals surface area contributed by atoms with E-state index in [4.69, 9.17) is 5.11 Å². The van der Waals surface area contributed by atoms with Crippen LogP contribution in [0.25, 0.3) is 0 Å². The fourth-order valence-electron chi connectivity index (χ4n) is 1.54. The van der Waals surface area contributed by atoms with E-state index in [-0.39, 0.29) is 12.5 Å². The van der Waals surface area contributed by atoms with Crippen LogP contribution in [-0.2, 0) is 6.54 Å². The van der Waals surface area contributed by atoms with Crippen molar-refractivity contribution in [1.82, 2.24) is 15.3 Å². The number of imidazole rings is 1. The molecule has 0 aliphatic heterocycles. The summed E-state index contributed by atoms with van der Waals surface area (Å²) in [6, 6.07) is 6.93. The minimum Gasteiger partial charge on any atom is -0.384 e. The zero-order valence-corrected chi connectivity index (χ0v) is 10.2. The molecule has 0 aliphatic carbocycles. The number of aliphatic hydroxyl groups is 1. The maximum atomic E-state index is 11.9. The van der Waals surface area contributed by atoms with Crippen LogP contribution >= 0.6 is 0 Å². The number of nitrogens with zero attached hydrogens (tertiary/aromatic N) is 1. The standard InChI is InChI=1S/C14H13N3O2/c18-8-2-4-11-3-1-5-12(9-11)14(19)17-10-13-15-6-7-16-13/h1,3,5-7,9,18H,8,10H2,(H,15,16)(H,17,19). The van der Waals surface area contributed by atoms with Gasteiger partial charge in [-0.15, -0.1) is 0 Å². The summed E-state index contributed by atoms with van der Waals surface area (Å²) >= 11 is 0. The van der Waals surface area contributed by atoms with Gasteiger partial charge in [-0.05, 0) is 18.2 Å². The van der Waals surface area contributed by atoms with Crippen molar-refractivity contribution in [2.24, 2.45) is 0 Å². The third kappa shape index (κ3) is 3.69. The van der Waals surface area contributed by atoms with Crippen LogP contribution in [-0.4, -0.2) is 27.6 Å². The van der Waals surface area contributed by atoms with Gasteiger partial charge in [0, 0.05) is 23.5 Å². The van der Waals surface area contributed by atoms with Gasteiger partial charge in [0.2, 0.25) is 0 Å². The minimum absolute atomic E-state index is 0.191. The summed E-state index contributed by atoms with van der Waals surface area (Å²) in [4.78, 5) is 18.8. The Kier molecular flexibility index (Phi) is 4.32. The number of H-pyrrole nitrogens is 1. The van der Waals surface area contributed by atoms with Crippen molar-refractivity contribution < 1.29 is 9.90 Å². The van der Waals surface area contributed by atoms with Crippen molar-refractivity contribution in [2.45, 2.75) is 6.54 Å². The predicted molar refractivity (Wildman–Crippen MR) is 70.2 cm³/mol. The molecule has 0 fully saturated rings. The summed E-state index contributed by atoms with van der Waals surface area (Å²) in [5.74, 6) is 5.81. The lowest BCUT2D eigenvalue weighted by Gasteiger charge is -2.03. The predicted octanol–water partition coefficient (Wildman–Crippen LogP) is 0.683. The van der Waals surface area contributed by atoms with Gasteiger partial charge >= 0.3 is 0 Å². The molecule has 1 amide bonds. The van der Waals surface area contributed by atoms with Crippen LogP contribution in [0, 0.1) is 11.8 Å². The topological polar surface area (TPSA) is 78.0 Å². The second-order valence-corrected chi connectivity index (χ2v) is 3.76. The maximum absolute atomic E-state index is 11.9. The van der Waals surface area contributed by atoms with Gasteiger partial charge in [0.25, 0.3) is 5.91 Å². The fraction of sp³-hybridized carbons (Fsp3) is 0.143. The molecular weight excluding hydrogens is 242 g/mol. The summed E-state index contributed by atoms with van der Waals surface area (Å²) < 4.78 is 0. The van der Waals surface area contributed by atoms with Crippen LogP contribution in [0.4, 0.5) is 0 Å². The van der Waals surface area contributed by atoms with Crippen LogP contribution in [0.2, 0.25) is 0 Å². The fourth-order valence-corrected chi connectivity index (χ4v) is 1.54. The first-order valence-corrected chi connectivity index (χ1v) is 5.76. The third-order valence-corrected chi connectivity index (χ3v) is 2.41. The lowest BCUT2D eigenvalue weighted by atomic mass is 10.1. The lowest BCUT2D eigenvalue weighted by molar-refractivity contribution is 0.0950. The molecule has 0 unspecified atom stereocenters. The van der Waals surface area contributed by atoms with Crippen molar-refractivity contribution in [3.8, 4) is 11.8 Å². The van der Waals surface area contributed by atoms with E-state index in [2.05, 4.69) is 27.1 Å². The molecule has 0 radical (unpaired) electrons. The number of carbonyl (C=O) groups is 1. The summed E-state index contributed by atoms with van der Waals surface area (Å²) in [5, 5.41) is 11.4. The second kappa shape index (κ2) is 6.38. The number of aliphatic hydroxyl groups excluding tert-OH is 1. The van der Waals surface area contributed by atoms with E-state index in [1.165, 1.54) is 0 Å². The number of aromatic amines is 1. The Balaban J connectivity index is 2.02. The molecule has 1 heterocycles. The molecule has 0 aliphatic rings. The number of amides is 1. The van der Waals surface area contributed by atoms with E-state index >= 15 is 0 Å². The summed E-state index contributed by atoms with van der Waals surface area (Å²) in [6.07, 6.45) is 3.33. The Morgan fingerprint density at radius 2 is 2.37 bits per heavy atom. The Labute approximate surface area is 110 Å². The monoisotopic (exact) mass is 255 g/mol. The summed E-state index contributed by atoms with van der Waals surface area (Å²) in [6.45, 7) is 0.146. The van der Waals surface area contributed by atoms with E-state index in [9.17, 15) is 4.79 Å². The van der Waals surface area contributed by atoms with Gasteiger partial charge < -0.3 is 15.4 Å². The smallest absolute Gasteiger partial charge is 0.251 e. The molecule has 5 nitrogen and oxygen atoms in total. The Morgan fingerprint density at radius 1 is 1.47 bits per heavy atom. The molecule has 2 aromatic rings. The molecule has 1 aromatic carbocycles. The number of nitrogens with one attached hydrogen (secondary N) is 2. The average molecular weight is 255 g/mol. The highest BCUT2D eigenvalue weighted by molar-refractivity contribution is 5.94. The first kappa shape index (κ1) is 12.9. The number of carbonyl (C=O) groups excluding carboxylic acids is 1. The molecule has 1 aromatic heterocycles. The highest BCUT2D eigenvalue weighted by atomic mass is 16.2. The minimum atomic E-state index is -0.199. The SMILES string of the molecule is O=C(NCc1ncc[nH]1)c1cccc(C#CCO)c1. The molecule has 3 N–H and O–H groups in total. The quantitative estimate of drug-likeness (QED) is 0.706. The normalized spacial score (nSPS) is 9.53. The van der Waals surface area contributed by atoms with Crippen molar-refractivity contribution in [3.63, 3.8) is 0 Å². The van der Waals surface area contributed by atoms with Crippen LogP contribution in [0.5, 0.6) is 0 Å². The first-order valence-electron chi connectivity index (χ1n) is 5.76. The van der Waals surface area contributed by atoms with Gasteiger partial charge in [-0.1, -0.05) is 17.9 Å². The molecular formula is C14H13N3O2. The molecule has 0 spiro atoms. The molecule has 5 heteroatoms. The zero-order chi connectivity index (χ0) is 13.5. The largest absolute Gasteiger partial charge is 0.384 e. The summed E-state index contributed by atoms with van der Waals surface area (Å²) in [7, 11) is 0. The third-order valence-electron chi connectivity index (χ3n) is 2.41. The Hall–Kier alpha value is -2.58. The molecule has 0 saturated heterocycles. The Bertz CT molecular complexity index is 609. The average Bonchev–Trinajstić information content (AvgIpc) is 2.96. The van der Waals surface area contributed by atoms with Gasteiger partial charge in [0.15, 0.2) is 0 Å². The van der Waals surface area contributed by atoms with Gasteiger partial charge in [-0.2, -0.15) is 0 Å². The van der Waals surface area contributed by atoms with Crippen molar-refractivity contribution >= 4 is 5.91 Å². The van der Waals surface area contributed by atoms with Gasteiger partial charge in [0.1, 0.15) is 12.4 Å². The first-order chi connectivity index (χ1) is 9.29. The van der Waals surface area contributed by atoms with Gasteiger partial charge in [-0.3, -0.25) is 4.79 Å². The van der Waals surface area contributed by atoms with E-state index in [0.717, 1.165) is 0 Å². The van der Waals surface area contributed by atoms with E-state index in [1.807, 2.05) is 0 Å². The van der Waals surface area contributed by atoms with Crippen molar-refractivity contribution in [2.75, 3.05) is 6.61 Å². The molecule has 96 valence electrons. The zero-order valence-electron chi connectivity index (χ0n) is 10.2. The maximum Gasteiger partial charge on any atom is 0.251 e. The van der Waals surface area contributed by atoms with Crippen LogP contribution in [0.1, 0.15) is 21.7 Å². The number of aromatic nitrogens is 2. The van der Waals surface area contributed by atoms with Crippen molar-refractivity contribution in [1.29, 1.82) is 0 Å². The molecule has 0 atom stereocenters. The molecule has 19 heavy (non-hydrogen) atoms. The van der Waals surface area contributed by atoms with Crippen LogP contribution in [0.15, 0.2) is 36.7 Å². The summed E-state index contributed by atoms with van der Waals surface area (Å²) in [5.41, 5.74) is 1.22. The molecule has 0 bridgehead atoms. The second-order valence-electron chi connectivity index (χ2n) is 3.76. The molecule has 0 saturated carbocycles. The van der Waals surface area contributed by atoms with Gasteiger partial charge in [0.05, 0.1) is 6.54 Å². The number of hydrogen-bond acceptors (Lipinski definition) is 3. The van der Waals surface area contributed by atoms with Crippen LogP contribution < -0.4 is 5.32 Å². The number of benzene rings is 1. The van der Waals surface area contributed by atoms with Gasteiger partial charge in [-0.25, -0.2) is 4.98 Å². The van der Waals surface area contributed by atoms with E-state index < -0.39 is 0 Å². The van der Waals surface area contributed by atoms with Crippen molar-refractivity contribution in [3.05, 3.63) is 53.6 Å². The highest BCUT2D eigenvalue weighted by Gasteiger charge is 2.05. The lowest BCUT2D eigenvalue weighted by Crippen LogP contribution is -2.23. The number of hydrogen-bond donors (Lipinski definition) is 3. The van der Waals surface area contributed by atoms with Crippen LogP contribution in [0.3, 0.4) is 0 Å². The highest BCUT2D eigenvalue weighted by Crippen LogP contribution is 2.04.